The average molecular weight is 472 g/mol. The third kappa shape index (κ3) is 5.89. The Bertz CT molecular complexity index is 1100. The van der Waals surface area contributed by atoms with Crippen LogP contribution in [0.15, 0.2) is 47.2 Å². The van der Waals surface area contributed by atoms with Crippen LogP contribution in [0.25, 0.3) is 0 Å². The van der Waals surface area contributed by atoms with Gasteiger partial charge in [-0.2, -0.15) is 0 Å². The van der Waals surface area contributed by atoms with E-state index in [-0.39, 0.29) is 11.5 Å². The highest BCUT2D eigenvalue weighted by Gasteiger charge is 2.18. The fourth-order valence-electron chi connectivity index (χ4n) is 2.97. The summed E-state index contributed by atoms with van der Waals surface area (Å²) in [6.45, 7) is 8.26. The lowest BCUT2D eigenvalue weighted by Gasteiger charge is -2.10. The molecule has 0 unspecified atom stereocenters. The highest BCUT2D eigenvalue weighted by molar-refractivity contribution is 7.99. The monoisotopic (exact) mass is 471 g/mol. The number of carbonyl (C=O) groups is 1. The molecule has 0 N–H and O–H groups in total. The molecule has 0 amide bonds. The summed E-state index contributed by atoms with van der Waals surface area (Å²) >= 11 is 2.82. The Kier molecular flexibility index (Phi) is 8.29. The highest BCUT2D eigenvalue weighted by atomic mass is 32.2. The molecular formula is C22H25N5O3S2. The summed E-state index contributed by atoms with van der Waals surface area (Å²) in [5, 5.41) is 9.96. The van der Waals surface area contributed by atoms with Crippen molar-refractivity contribution in [3.8, 4) is 11.5 Å². The van der Waals surface area contributed by atoms with Crippen molar-refractivity contribution < 1.29 is 14.3 Å². The van der Waals surface area contributed by atoms with E-state index in [2.05, 4.69) is 26.7 Å². The maximum absolute atomic E-state index is 12.9. The van der Waals surface area contributed by atoms with Crippen molar-refractivity contribution in [2.75, 3.05) is 20.0 Å². The predicted octanol–water partition coefficient (Wildman–Crippen LogP) is 4.16. The fraction of sp³-hybridized carbons (Fsp3) is 0.318. The van der Waals surface area contributed by atoms with Crippen LogP contribution in [-0.4, -0.2) is 50.5 Å². The van der Waals surface area contributed by atoms with Gasteiger partial charge in [0.15, 0.2) is 16.1 Å². The summed E-state index contributed by atoms with van der Waals surface area (Å²) in [5.41, 5.74) is 2.32. The minimum atomic E-state index is -0.0848. The molecule has 0 aliphatic heterocycles. The first-order chi connectivity index (χ1) is 15.4. The van der Waals surface area contributed by atoms with Gasteiger partial charge in [0.25, 0.3) is 0 Å². The van der Waals surface area contributed by atoms with E-state index in [1.54, 1.807) is 31.4 Å². The van der Waals surface area contributed by atoms with Crippen LogP contribution in [0.3, 0.4) is 0 Å². The number of hydrogen-bond donors (Lipinski definition) is 0. The first kappa shape index (κ1) is 23.8. The van der Waals surface area contributed by atoms with Crippen molar-refractivity contribution in [2.45, 2.75) is 36.5 Å². The Morgan fingerprint density at radius 3 is 2.50 bits per heavy atom. The van der Waals surface area contributed by atoms with E-state index in [0.29, 0.717) is 39.7 Å². The van der Waals surface area contributed by atoms with Gasteiger partial charge in [-0.15, -0.1) is 16.8 Å². The summed E-state index contributed by atoms with van der Waals surface area (Å²) in [6.07, 6.45) is 1.78. The molecule has 0 aliphatic carbocycles. The molecule has 3 rings (SSSR count). The minimum absolute atomic E-state index is 0.0848. The van der Waals surface area contributed by atoms with E-state index < -0.39 is 0 Å². The lowest BCUT2D eigenvalue weighted by atomic mass is 10.1. The van der Waals surface area contributed by atoms with Crippen molar-refractivity contribution in [3.63, 3.8) is 0 Å². The number of aromatic nitrogens is 5. The van der Waals surface area contributed by atoms with Gasteiger partial charge in [-0.25, -0.2) is 9.97 Å². The molecule has 2 heterocycles. The van der Waals surface area contributed by atoms with Crippen molar-refractivity contribution in [1.82, 2.24) is 24.7 Å². The lowest BCUT2D eigenvalue weighted by molar-refractivity contribution is 0.101. The van der Waals surface area contributed by atoms with E-state index in [1.165, 1.54) is 30.6 Å². The Morgan fingerprint density at radius 2 is 1.84 bits per heavy atom. The molecule has 8 nitrogen and oxygen atoms in total. The van der Waals surface area contributed by atoms with Crippen molar-refractivity contribution >= 4 is 29.3 Å². The second-order valence-electron chi connectivity index (χ2n) is 6.80. The van der Waals surface area contributed by atoms with Crippen LogP contribution < -0.4 is 9.47 Å². The van der Waals surface area contributed by atoms with Crippen LogP contribution in [0.2, 0.25) is 0 Å². The fourth-order valence-corrected chi connectivity index (χ4v) is 4.71. The van der Waals surface area contributed by atoms with E-state index in [9.17, 15) is 4.79 Å². The topological polar surface area (TPSA) is 92.0 Å². The van der Waals surface area contributed by atoms with Gasteiger partial charge in [-0.3, -0.25) is 4.79 Å². The van der Waals surface area contributed by atoms with E-state index in [4.69, 9.17) is 9.47 Å². The molecule has 0 aliphatic rings. The number of aryl methyl sites for hydroxylation is 2. The maximum Gasteiger partial charge on any atom is 0.191 e. The van der Waals surface area contributed by atoms with E-state index in [0.717, 1.165) is 17.2 Å². The average Bonchev–Trinajstić information content (AvgIpc) is 3.16. The van der Waals surface area contributed by atoms with Crippen LogP contribution in [0, 0.1) is 13.8 Å². The number of hydrogen-bond acceptors (Lipinski definition) is 9. The molecule has 0 fully saturated rings. The van der Waals surface area contributed by atoms with Crippen LogP contribution in [0.1, 0.15) is 27.6 Å². The molecule has 0 spiro atoms. The number of methoxy groups -OCH3 is 2. The van der Waals surface area contributed by atoms with Crippen LogP contribution in [-0.2, 0) is 12.3 Å². The van der Waals surface area contributed by atoms with Crippen molar-refractivity contribution in [2.24, 2.45) is 0 Å². The zero-order valence-electron chi connectivity index (χ0n) is 18.5. The summed E-state index contributed by atoms with van der Waals surface area (Å²) in [5.74, 6) is 2.54. The number of nitrogens with zero attached hydrogens (tertiary/aromatic N) is 5. The molecule has 168 valence electrons. The largest absolute Gasteiger partial charge is 0.497 e. The van der Waals surface area contributed by atoms with Gasteiger partial charge in [-0.1, -0.05) is 29.6 Å². The number of carbonyl (C=O) groups excluding carboxylic acids is 1. The Morgan fingerprint density at radius 1 is 1.09 bits per heavy atom. The molecule has 0 saturated heterocycles. The maximum atomic E-state index is 12.9. The highest BCUT2D eigenvalue weighted by Crippen LogP contribution is 2.28. The molecule has 0 atom stereocenters. The third-order valence-corrected chi connectivity index (χ3v) is 6.25. The number of ketones is 1. The molecular weight excluding hydrogens is 446 g/mol. The zero-order chi connectivity index (χ0) is 23.1. The Balaban J connectivity index is 1.72. The number of ether oxygens (including phenoxy) is 2. The normalized spacial score (nSPS) is 10.8. The predicted molar refractivity (Wildman–Crippen MR) is 126 cm³/mol. The molecule has 0 radical (unpaired) electrons. The Labute approximate surface area is 195 Å². The van der Waals surface area contributed by atoms with Crippen LogP contribution >= 0.6 is 23.5 Å². The molecule has 10 heteroatoms. The van der Waals surface area contributed by atoms with Gasteiger partial charge in [-0.05, 0) is 38.1 Å². The lowest BCUT2D eigenvalue weighted by Crippen LogP contribution is -2.08. The summed E-state index contributed by atoms with van der Waals surface area (Å²) in [6, 6.07) is 7.10. The Hall–Kier alpha value is -2.85. The van der Waals surface area contributed by atoms with Gasteiger partial charge in [0, 0.05) is 17.9 Å². The molecule has 32 heavy (non-hydrogen) atoms. The smallest absolute Gasteiger partial charge is 0.191 e. The van der Waals surface area contributed by atoms with E-state index >= 15 is 0 Å². The van der Waals surface area contributed by atoms with Crippen molar-refractivity contribution in [1.29, 1.82) is 0 Å². The number of allylic oxidation sites excluding steroid dienone is 1. The molecule has 3 aromatic rings. The number of rotatable bonds is 11. The first-order valence-corrected chi connectivity index (χ1v) is 11.8. The second kappa shape index (κ2) is 11.1. The van der Waals surface area contributed by atoms with Gasteiger partial charge in [0.2, 0.25) is 0 Å². The SMILES string of the molecule is C=CCn1c(CSc2nc(C)cc(C)n2)nnc1SCC(=O)c1cc(OC)ccc1OC. The van der Waals surface area contributed by atoms with Gasteiger partial charge in [0.05, 0.1) is 31.3 Å². The first-order valence-electron chi connectivity index (χ1n) is 9.81. The van der Waals surface area contributed by atoms with Gasteiger partial charge >= 0.3 is 0 Å². The summed E-state index contributed by atoms with van der Waals surface area (Å²) in [7, 11) is 3.10. The van der Waals surface area contributed by atoms with Gasteiger partial charge < -0.3 is 14.0 Å². The van der Waals surface area contributed by atoms with Crippen molar-refractivity contribution in [3.05, 3.63) is 59.7 Å². The molecule has 0 bridgehead atoms. The summed E-state index contributed by atoms with van der Waals surface area (Å²) in [4.78, 5) is 21.8. The zero-order valence-corrected chi connectivity index (χ0v) is 20.1. The van der Waals surface area contributed by atoms with E-state index in [1.807, 2.05) is 24.5 Å². The van der Waals surface area contributed by atoms with Gasteiger partial charge in [0.1, 0.15) is 17.3 Å². The third-order valence-electron chi connectivity index (χ3n) is 4.44. The molecule has 1 aromatic carbocycles. The van der Waals surface area contributed by atoms with Crippen LogP contribution in [0.5, 0.6) is 11.5 Å². The van der Waals surface area contributed by atoms with Crippen LogP contribution in [0.4, 0.5) is 0 Å². The molecule has 2 aromatic heterocycles. The standard InChI is InChI=1S/C22H25N5O3S2/c1-6-9-27-20(13-31-21-23-14(2)10-15(3)24-21)25-26-22(27)32-12-18(28)17-11-16(29-4)7-8-19(17)30-5/h6-8,10-11H,1,9,12-13H2,2-5H3. The molecule has 0 saturated carbocycles. The number of benzene rings is 1. The number of Topliss-reactive ketones (excluding diaryl/α,β-unsaturated/α-hetero) is 1. The quantitative estimate of drug-likeness (QED) is 0.177. The number of thioether (sulfide) groups is 2. The second-order valence-corrected chi connectivity index (χ2v) is 8.68. The minimum Gasteiger partial charge on any atom is -0.497 e. The summed E-state index contributed by atoms with van der Waals surface area (Å²) < 4.78 is 12.5.